The summed E-state index contributed by atoms with van der Waals surface area (Å²) in [6, 6.07) is 15.6. The molecular formula is C23H12N4O4. The molecule has 1 atom stereocenters. The van der Waals surface area contributed by atoms with E-state index < -0.39 is 12.2 Å². The quantitative estimate of drug-likeness (QED) is 0.478. The number of hydrogen-bond acceptors (Lipinski definition) is 7. The van der Waals surface area contributed by atoms with E-state index in [-0.39, 0.29) is 39.6 Å². The van der Waals surface area contributed by atoms with Gasteiger partial charge in [0.15, 0.2) is 11.5 Å². The Hall–Kier alpha value is -4.46. The van der Waals surface area contributed by atoms with Crippen molar-refractivity contribution in [1.82, 2.24) is 5.32 Å². The number of fused-ring (bicyclic) bond motifs is 6. The van der Waals surface area contributed by atoms with Crippen LogP contribution in [0.15, 0.2) is 74.2 Å². The minimum atomic E-state index is -0.828. The van der Waals surface area contributed by atoms with Gasteiger partial charge in [0.1, 0.15) is 11.9 Å². The van der Waals surface area contributed by atoms with Crippen molar-refractivity contribution in [2.45, 2.75) is 6.29 Å². The first-order valence-corrected chi connectivity index (χ1v) is 9.52. The molecule has 1 N–H and O–H groups in total. The Morgan fingerprint density at radius 1 is 0.968 bits per heavy atom. The van der Waals surface area contributed by atoms with E-state index in [0.29, 0.717) is 10.9 Å². The Bertz CT molecular complexity index is 1520. The third-order valence-corrected chi connectivity index (χ3v) is 5.47. The molecule has 1 aliphatic heterocycles. The van der Waals surface area contributed by atoms with Crippen LogP contribution in [0.2, 0.25) is 0 Å². The molecule has 1 aliphatic carbocycles. The Kier molecular flexibility index (Phi) is 3.52. The zero-order chi connectivity index (χ0) is 21.1. The van der Waals surface area contributed by atoms with Crippen LogP contribution in [0.3, 0.4) is 0 Å². The number of nitrogens with zero attached hydrogens (tertiary/aromatic N) is 3. The number of aliphatic imine (C=N–C) groups is 1. The second kappa shape index (κ2) is 6.27. The summed E-state index contributed by atoms with van der Waals surface area (Å²) in [6.45, 7) is 0. The van der Waals surface area contributed by atoms with Crippen LogP contribution in [0.5, 0.6) is 0 Å². The molecule has 0 radical (unpaired) electrons. The fourth-order valence-electron chi connectivity index (χ4n) is 4.11. The van der Waals surface area contributed by atoms with Gasteiger partial charge in [-0.05, 0) is 16.8 Å². The molecule has 31 heavy (non-hydrogen) atoms. The number of ketones is 2. The molecule has 0 saturated carbocycles. The number of nitrogens with one attached hydrogen (secondary N) is 1. The summed E-state index contributed by atoms with van der Waals surface area (Å²) in [4.78, 5) is 43.5. The summed E-state index contributed by atoms with van der Waals surface area (Å²) in [6.07, 6.45) is 0.423. The van der Waals surface area contributed by atoms with E-state index >= 15 is 0 Å². The highest BCUT2D eigenvalue weighted by Crippen LogP contribution is 2.40. The van der Waals surface area contributed by atoms with Crippen LogP contribution < -0.4 is 5.32 Å². The number of carbonyl (C=O) groups is 3. The first-order valence-electron chi connectivity index (χ1n) is 9.52. The van der Waals surface area contributed by atoms with Crippen molar-refractivity contribution in [2.75, 3.05) is 0 Å². The normalized spacial score (nSPS) is 16.7. The van der Waals surface area contributed by atoms with Crippen LogP contribution in [0.1, 0.15) is 42.4 Å². The van der Waals surface area contributed by atoms with Gasteiger partial charge in [0.05, 0.1) is 11.1 Å². The molecule has 1 amide bonds. The van der Waals surface area contributed by atoms with Crippen LogP contribution in [0.4, 0.5) is 0 Å². The SMILES string of the molecule is O=C1c2ccccc2C(=O)c2c1oc1c(C(=O)NC3N=CN=N3)cc3ccccc3c21. The first-order chi connectivity index (χ1) is 15.1. The molecule has 1 unspecified atom stereocenters. The van der Waals surface area contributed by atoms with Crippen molar-refractivity contribution in [3.63, 3.8) is 0 Å². The lowest BCUT2D eigenvalue weighted by Gasteiger charge is -2.13. The monoisotopic (exact) mass is 408 g/mol. The number of rotatable bonds is 2. The van der Waals surface area contributed by atoms with Crippen molar-refractivity contribution < 1.29 is 18.8 Å². The number of amides is 1. The molecule has 8 heteroatoms. The third kappa shape index (κ3) is 2.42. The van der Waals surface area contributed by atoms with E-state index in [0.717, 1.165) is 10.8 Å². The molecule has 3 aromatic carbocycles. The highest BCUT2D eigenvalue weighted by atomic mass is 16.3. The van der Waals surface area contributed by atoms with Gasteiger partial charge in [-0.2, -0.15) is 0 Å². The fourth-order valence-corrected chi connectivity index (χ4v) is 4.11. The second-order valence-corrected chi connectivity index (χ2v) is 7.20. The largest absolute Gasteiger partial charge is 0.451 e. The Labute approximate surface area is 174 Å². The zero-order valence-corrected chi connectivity index (χ0v) is 15.8. The number of benzene rings is 3. The molecule has 8 nitrogen and oxygen atoms in total. The predicted molar refractivity (Wildman–Crippen MR) is 112 cm³/mol. The van der Waals surface area contributed by atoms with Gasteiger partial charge in [-0.15, -0.1) is 10.2 Å². The minimum Gasteiger partial charge on any atom is -0.451 e. The number of azo groups is 1. The first kappa shape index (κ1) is 17.4. The average molecular weight is 408 g/mol. The van der Waals surface area contributed by atoms with Crippen molar-refractivity contribution >= 4 is 45.6 Å². The Morgan fingerprint density at radius 2 is 1.71 bits per heavy atom. The summed E-state index contributed by atoms with van der Waals surface area (Å²) in [5, 5.41) is 12.0. The van der Waals surface area contributed by atoms with Crippen LogP contribution in [0, 0.1) is 0 Å². The third-order valence-electron chi connectivity index (χ3n) is 5.47. The van der Waals surface area contributed by atoms with Crippen LogP contribution >= 0.6 is 0 Å². The van der Waals surface area contributed by atoms with Gasteiger partial charge in [-0.25, -0.2) is 4.99 Å². The zero-order valence-electron chi connectivity index (χ0n) is 15.8. The van der Waals surface area contributed by atoms with Crippen LogP contribution in [-0.2, 0) is 0 Å². The maximum Gasteiger partial charge on any atom is 0.258 e. The van der Waals surface area contributed by atoms with E-state index in [1.54, 1.807) is 30.3 Å². The highest BCUT2D eigenvalue weighted by molar-refractivity contribution is 6.34. The summed E-state index contributed by atoms with van der Waals surface area (Å²) in [7, 11) is 0. The molecule has 2 heterocycles. The smallest absolute Gasteiger partial charge is 0.258 e. The van der Waals surface area contributed by atoms with Crippen molar-refractivity contribution in [3.8, 4) is 0 Å². The van der Waals surface area contributed by atoms with Gasteiger partial charge in [0, 0.05) is 16.5 Å². The van der Waals surface area contributed by atoms with Crippen LogP contribution in [0.25, 0.3) is 21.7 Å². The van der Waals surface area contributed by atoms with E-state index in [4.69, 9.17) is 4.42 Å². The predicted octanol–water partition coefficient (Wildman–Crippen LogP) is 3.87. The highest BCUT2D eigenvalue weighted by Gasteiger charge is 2.36. The summed E-state index contributed by atoms with van der Waals surface area (Å²) >= 11 is 0. The van der Waals surface area contributed by atoms with Gasteiger partial charge in [-0.3, -0.25) is 14.4 Å². The Morgan fingerprint density at radius 3 is 2.48 bits per heavy atom. The summed E-state index contributed by atoms with van der Waals surface area (Å²) < 4.78 is 5.93. The maximum atomic E-state index is 13.4. The number of carbonyl (C=O) groups excluding carboxylic acids is 3. The molecule has 148 valence electrons. The molecule has 0 spiro atoms. The Balaban J connectivity index is 1.65. The summed E-state index contributed by atoms with van der Waals surface area (Å²) in [5.41, 5.74) is 1.15. The number of furan rings is 1. The molecular weight excluding hydrogens is 396 g/mol. The van der Waals surface area contributed by atoms with E-state index in [2.05, 4.69) is 20.5 Å². The molecule has 0 saturated heterocycles. The van der Waals surface area contributed by atoms with E-state index in [9.17, 15) is 14.4 Å². The molecule has 4 aromatic rings. The van der Waals surface area contributed by atoms with E-state index in [1.165, 1.54) is 6.34 Å². The molecule has 2 aliphatic rings. The van der Waals surface area contributed by atoms with Gasteiger partial charge in [0.2, 0.25) is 12.1 Å². The average Bonchev–Trinajstić information content (AvgIpc) is 3.45. The molecule has 0 bridgehead atoms. The second-order valence-electron chi connectivity index (χ2n) is 7.20. The lowest BCUT2D eigenvalue weighted by molar-refractivity contribution is 0.0937. The maximum absolute atomic E-state index is 13.4. The summed E-state index contributed by atoms with van der Waals surface area (Å²) in [5.74, 6) is -1.24. The molecule has 6 rings (SSSR count). The van der Waals surface area contributed by atoms with Crippen molar-refractivity contribution in [2.24, 2.45) is 15.2 Å². The minimum absolute atomic E-state index is 0.0531. The van der Waals surface area contributed by atoms with Crippen molar-refractivity contribution in [3.05, 3.63) is 82.6 Å². The number of hydrogen-bond donors (Lipinski definition) is 1. The molecule has 0 fully saturated rings. The van der Waals surface area contributed by atoms with Gasteiger partial charge in [0.25, 0.3) is 5.91 Å². The molecule has 1 aromatic heterocycles. The van der Waals surface area contributed by atoms with Gasteiger partial charge >= 0.3 is 0 Å². The standard InChI is InChI=1S/C23H12N4O4/c28-18-13-7-3-4-8-14(13)19(29)21-17(18)16-12-6-2-1-5-11(12)9-15(20(16)31-21)22(30)26-23-24-10-25-27-23/h1-10,23H,(H,26,30). The lowest BCUT2D eigenvalue weighted by atomic mass is 9.86. The van der Waals surface area contributed by atoms with Crippen LogP contribution in [-0.4, -0.2) is 30.1 Å². The fraction of sp³-hybridized carbons (Fsp3) is 0.0435. The van der Waals surface area contributed by atoms with Gasteiger partial charge < -0.3 is 9.73 Å². The lowest BCUT2D eigenvalue weighted by Crippen LogP contribution is -2.31. The van der Waals surface area contributed by atoms with Crippen molar-refractivity contribution in [1.29, 1.82) is 0 Å². The van der Waals surface area contributed by atoms with E-state index in [1.807, 2.05) is 24.3 Å². The van der Waals surface area contributed by atoms with Gasteiger partial charge in [-0.1, -0.05) is 48.5 Å². The topological polar surface area (TPSA) is 113 Å².